The molecule has 2 aromatic heterocycles. The summed E-state index contributed by atoms with van der Waals surface area (Å²) in [5, 5.41) is 4.58. The predicted octanol–water partition coefficient (Wildman–Crippen LogP) is 3.83. The van der Waals surface area contributed by atoms with Crippen molar-refractivity contribution in [2.45, 2.75) is 9.96 Å². The summed E-state index contributed by atoms with van der Waals surface area (Å²) in [5.74, 6) is 2.26. The van der Waals surface area contributed by atoms with E-state index >= 15 is 0 Å². The van der Waals surface area contributed by atoms with E-state index in [0.717, 1.165) is 17.3 Å². The maximum Gasteiger partial charge on any atom is 0.273 e. The Morgan fingerprint density at radius 1 is 1.18 bits per heavy atom. The van der Waals surface area contributed by atoms with Crippen molar-refractivity contribution < 1.29 is 17.6 Å². The van der Waals surface area contributed by atoms with Gasteiger partial charge in [-0.25, -0.2) is 8.42 Å². The molecule has 3 aromatic rings. The third-order valence-electron chi connectivity index (χ3n) is 3.96. The van der Waals surface area contributed by atoms with Crippen LogP contribution in [-0.4, -0.2) is 33.7 Å². The zero-order chi connectivity index (χ0) is 20.0. The molecule has 0 aliphatic carbocycles. The van der Waals surface area contributed by atoms with Gasteiger partial charge in [0.2, 0.25) is 0 Å². The van der Waals surface area contributed by atoms with Crippen LogP contribution < -0.4 is 9.62 Å². The zero-order valence-corrected chi connectivity index (χ0v) is 17.6. The van der Waals surface area contributed by atoms with Gasteiger partial charge in [0.25, 0.3) is 15.9 Å². The molecule has 1 amide bonds. The molecular formula is C19H20N2O4S3. The van der Waals surface area contributed by atoms with Crippen LogP contribution in [0.3, 0.4) is 0 Å². The molecule has 0 radical (unpaired) electrons. The van der Waals surface area contributed by atoms with Gasteiger partial charge in [-0.05, 0) is 47.8 Å². The first-order chi connectivity index (χ1) is 13.5. The van der Waals surface area contributed by atoms with Crippen molar-refractivity contribution in [1.29, 1.82) is 0 Å². The Hall–Kier alpha value is -2.23. The quantitative estimate of drug-likeness (QED) is 0.516. The number of sulfonamides is 1. The molecule has 1 aromatic carbocycles. The van der Waals surface area contributed by atoms with Gasteiger partial charge in [0, 0.05) is 24.9 Å². The number of nitrogens with one attached hydrogen (secondary N) is 1. The lowest BCUT2D eigenvalue weighted by molar-refractivity contribution is 0.0956. The Bertz CT molecular complexity index is 983. The van der Waals surface area contributed by atoms with Gasteiger partial charge in [-0.2, -0.15) is 11.8 Å². The summed E-state index contributed by atoms with van der Waals surface area (Å²) in [4.78, 5) is 12.2. The number of rotatable bonds is 9. The van der Waals surface area contributed by atoms with Crippen LogP contribution in [0.15, 0.2) is 68.8 Å². The second-order valence-electron chi connectivity index (χ2n) is 5.84. The Kier molecular flexibility index (Phi) is 6.82. The van der Waals surface area contributed by atoms with E-state index in [-0.39, 0.29) is 10.1 Å². The number of thiophene rings is 1. The molecule has 0 fully saturated rings. The number of benzene rings is 1. The molecule has 148 valence electrons. The highest BCUT2D eigenvalue weighted by atomic mass is 32.2. The monoisotopic (exact) mass is 436 g/mol. The lowest BCUT2D eigenvalue weighted by Crippen LogP contribution is -2.27. The molecule has 3 rings (SSSR count). The molecule has 0 bridgehead atoms. The number of amides is 1. The van der Waals surface area contributed by atoms with E-state index < -0.39 is 10.0 Å². The van der Waals surface area contributed by atoms with Crippen molar-refractivity contribution in [1.82, 2.24) is 5.32 Å². The fourth-order valence-corrected chi connectivity index (χ4v) is 5.53. The van der Waals surface area contributed by atoms with Gasteiger partial charge >= 0.3 is 0 Å². The van der Waals surface area contributed by atoms with Crippen molar-refractivity contribution in [3.05, 3.63) is 71.5 Å². The van der Waals surface area contributed by atoms with Crippen LogP contribution in [0.4, 0.5) is 5.69 Å². The van der Waals surface area contributed by atoms with Crippen LogP contribution in [0.25, 0.3) is 0 Å². The number of carbonyl (C=O) groups is 1. The minimum atomic E-state index is -3.58. The Morgan fingerprint density at radius 3 is 2.61 bits per heavy atom. The summed E-state index contributed by atoms with van der Waals surface area (Å²) >= 11 is 2.85. The zero-order valence-electron chi connectivity index (χ0n) is 15.2. The number of hydrogen-bond donors (Lipinski definition) is 1. The number of carbonyl (C=O) groups excluding carboxylic acids is 1. The molecule has 6 nitrogen and oxygen atoms in total. The van der Waals surface area contributed by atoms with Crippen LogP contribution in [0, 0.1) is 0 Å². The normalized spacial score (nSPS) is 11.3. The smallest absolute Gasteiger partial charge is 0.273 e. The third kappa shape index (κ3) is 4.98. The van der Waals surface area contributed by atoms with Crippen molar-refractivity contribution in [2.75, 3.05) is 23.7 Å². The van der Waals surface area contributed by atoms with Crippen molar-refractivity contribution in [3.8, 4) is 0 Å². The van der Waals surface area contributed by atoms with E-state index in [2.05, 4.69) is 5.32 Å². The molecule has 0 aliphatic heterocycles. The largest absolute Gasteiger partial charge is 0.468 e. The van der Waals surface area contributed by atoms with E-state index in [1.807, 2.05) is 12.1 Å². The number of hydrogen-bond acceptors (Lipinski definition) is 6. The minimum absolute atomic E-state index is 0.186. The maximum absolute atomic E-state index is 12.5. The van der Waals surface area contributed by atoms with Crippen LogP contribution in [0.2, 0.25) is 0 Å². The summed E-state index contributed by atoms with van der Waals surface area (Å²) in [6, 6.07) is 13.6. The summed E-state index contributed by atoms with van der Waals surface area (Å²) in [6.07, 6.45) is 1.64. The van der Waals surface area contributed by atoms with Gasteiger partial charge in [-0.1, -0.05) is 6.07 Å². The highest BCUT2D eigenvalue weighted by Crippen LogP contribution is 2.25. The maximum atomic E-state index is 12.5. The molecule has 0 unspecified atom stereocenters. The lowest BCUT2D eigenvalue weighted by atomic mass is 10.2. The molecule has 0 saturated heterocycles. The number of nitrogens with zero attached hydrogens (tertiary/aromatic N) is 1. The number of thioether (sulfide) groups is 1. The third-order valence-corrected chi connectivity index (χ3v) is 8.10. The van der Waals surface area contributed by atoms with Crippen molar-refractivity contribution in [3.63, 3.8) is 0 Å². The highest BCUT2D eigenvalue weighted by Gasteiger charge is 2.22. The molecule has 0 aliphatic rings. The van der Waals surface area contributed by atoms with E-state index in [4.69, 9.17) is 4.42 Å². The second kappa shape index (κ2) is 9.31. The van der Waals surface area contributed by atoms with Gasteiger partial charge in [-0.3, -0.25) is 9.10 Å². The standard InChI is InChI=1S/C19H20N2O4S3/c1-21(28(23,24)18-5-3-12-27-18)16-8-6-15(7-9-16)19(22)20-10-13-26-14-17-4-2-11-25-17/h2-9,11-12H,10,13-14H2,1H3,(H,20,22). The predicted molar refractivity (Wildman–Crippen MR) is 114 cm³/mol. The fraction of sp³-hybridized carbons (Fsp3) is 0.211. The van der Waals surface area contributed by atoms with Crippen LogP contribution >= 0.6 is 23.1 Å². The van der Waals surface area contributed by atoms with Gasteiger partial charge in [0.1, 0.15) is 9.97 Å². The fourth-order valence-electron chi connectivity index (χ4n) is 2.41. The van der Waals surface area contributed by atoms with Crippen molar-refractivity contribution >= 4 is 44.7 Å². The summed E-state index contributed by atoms with van der Waals surface area (Å²) < 4.78 is 31.8. The van der Waals surface area contributed by atoms with Crippen LogP contribution in [0.5, 0.6) is 0 Å². The van der Waals surface area contributed by atoms with Crippen LogP contribution in [-0.2, 0) is 15.8 Å². The average molecular weight is 437 g/mol. The van der Waals surface area contributed by atoms with E-state index in [1.165, 1.54) is 22.7 Å². The van der Waals surface area contributed by atoms with Gasteiger partial charge in [-0.15, -0.1) is 11.3 Å². The average Bonchev–Trinajstić information content (AvgIpc) is 3.41. The van der Waals surface area contributed by atoms with E-state index in [0.29, 0.717) is 17.8 Å². The number of furan rings is 1. The van der Waals surface area contributed by atoms with Gasteiger partial charge < -0.3 is 9.73 Å². The van der Waals surface area contributed by atoms with E-state index in [1.54, 1.807) is 59.8 Å². The molecular weight excluding hydrogens is 416 g/mol. The van der Waals surface area contributed by atoms with Gasteiger partial charge in [0.05, 0.1) is 17.7 Å². The molecule has 28 heavy (non-hydrogen) atoms. The molecule has 0 saturated carbocycles. The first kappa shape index (κ1) is 20.5. The molecule has 9 heteroatoms. The molecule has 0 spiro atoms. The Balaban J connectivity index is 1.51. The van der Waals surface area contributed by atoms with Crippen molar-refractivity contribution in [2.24, 2.45) is 0 Å². The second-order valence-corrected chi connectivity index (χ2v) is 10.1. The summed E-state index contributed by atoms with van der Waals surface area (Å²) in [6.45, 7) is 0.540. The molecule has 0 atom stereocenters. The lowest BCUT2D eigenvalue weighted by Gasteiger charge is -2.18. The Labute approximate surface area is 172 Å². The summed E-state index contributed by atoms with van der Waals surface area (Å²) in [7, 11) is -2.08. The highest BCUT2D eigenvalue weighted by molar-refractivity contribution is 7.98. The van der Waals surface area contributed by atoms with Crippen LogP contribution in [0.1, 0.15) is 16.1 Å². The molecule has 2 heterocycles. The van der Waals surface area contributed by atoms with Gasteiger partial charge in [0.15, 0.2) is 0 Å². The SMILES string of the molecule is CN(c1ccc(C(=O)NCCSCc2ccco2)cc1)S(=O)(=O)c1cccs1. The minimum Gasteiger partial charge on any atom is -0.468 e. The first-order valence-corrected chi connectivity index (χ1v) is 12.0. The Morgan fingerprint density at radius 2 is 1.96 bits per heavy atom. The summed E-state index contributed by atoms with van der Waals surface area (Å²) in [5.41, 5.74) is 0.987. The molecule has 1 N–H and O–H groups in total. The topological polar surface area (TPSA) is 79.6 Å². The first-order valence-electron chi connectivity index (χ1n) is 8.49. The van der Waals surface area contributed by atoms with E-state index in [9.17, 15) is 13.2 Å². The number of anilines is 1.